The van der Waals surface area contributed by atoms with Crippen LogP contribution in [0.5, 0.6) is 0 Å². The molecule has 3 rings (SSSR count). The van der Waals surface area contributed by atoms with Gasteiger partial charge in [0.1, 0.15) is 0 Å². The van der Waals surface area contributed by atoms with Crippen LogP contribution in [0.4, 0.5) is 11.4 Å². The van der Waals surface area contributed by atoms with Crippen molar-refractivity contribution in [1.82, 2.24) is 0 Å². The van der Waals surface area contributed by atoms with Gasteiger partial charge < -0.3 is 10.1 Å². The van der Waals surface area contributed by atoms with E-state index in [4.69, 9.17) is 4.74 Å². The van der Waals surface area contributed by atoms with E-state index in [0.29, 0.717) is 28.1 Å². The Balaban J connectivity index is 1.80. The van der Waals surface area contributed by atoms with Gasteiger partial charge in [-0.15, -0.1) is 0 Å². The number of hydrogen-bond acceptors (Lipinski definition) is 5. The van der Waals surface area contributed by atoms with Crippen LogP contribution in [-0.2, 0) is 21.3 Å². The predicted octanol–water partition coefficient (Wildman–Crippen LogP) is 4.70. The van der Waals surface area contributed by atoms with Crippen molar-refractivity contribution in [2.45, 2.75) is 27.3 Å². The standard InChI is InChI=1S/C26H28N2O5S/c1-5-33-26(30)23-7-6-8-24(19(23)3)27-25(29)21-13-15-22(16-14-21)28(34(4,31)32)17-20-11-9-18(2)10-12-20/h6-16H,5,17H2,1-4H3,(H,27,29). The van der Waals surface area contributed by atoms with E-state index in [0.717, 1.165) is 17.4 Å². The maximum atomic E-state index is 12.8. The fourth-order valence-corrected chi connectivity index (χ4v) is 4.32. The number of benzene rings is 3. The monoisotopic (exact) mass is 480 g/mol. The summed E-state index contributed by atoms with van der Waals surface area (Å²) in [6.07, 6.45) is 1.15. The predicted molar refractivity (Wildman–Crippen MR) is 134 cm³/mol. The van der Waals surface area contributed by atoms with Crippen LogP contribution in [0.3, 0.4) is 0 Å². The molecule has 0 unspecified atom stereocenters. The fourth-order valence-electron chi connectivity index (χ4n) is 3.43. The number of carbonyl (C=O) groups is 2. The lowest BCUT2D eigenvalue weighted by Crippen LogP contribution is -2.29. The lowest BCUT2D eigenvalue weighted by atomic mass is 10.1. The summed E-state index contributed by atoms with van der Waals surface area (Å²) in [5.74, 6) is -0.824. The number of esters is 1. The normalized spacial score (nSPS) is 11.1. The Kier molecular flexibility index (Phi) is 7.73. The highest BCUT2D eigenvalue weighted by molar-refractivity contribution is 7.92. The zero-order valence-electron chi connectivity index (χ0n) is 19.7. The fraction of sp³-hybridized carbons (Fsp3) is 0.231. The summed E-state index contributed by atoms with van der Waals surface area (Å²) in [5, 5.41) is 2.81. The second-order valence-corrected chi connectivity index (χ2v) is 9.86. The second-order valence-electron chi connectivity index (χ2n) is 7.95. The van der Waals surface area contributed by atoms with Crippen molar-refractivity contribution < 1.29 is 22.7 Å². The van der Waals surface area contributed by atoms with Gasteiger partial charge in [-0.2, -0.15) is 0 Å². The first-order valence-corrected chi connectivity index (χ1v) is 12.7. The molecule has 0 spiro atoms. The quantitative estimate of drug-likeness (QED) is 0.472. The second kappa shape index (κ2) is 10.5. The number of nitrogens with zero attached hydrogens (tertiary/aromatic N) is 1. The highest BCUT2D eigenvalue weighted by Gasteiger charge is 2.19. The first-order valence-electron chi connectivity index (χ1n) is 10.8. The van der Waals surface area contributed by atoms with E-state index >= 15 is 0 Å². The molecule has 0 fully saturated rings. The van der Waals surface area contributed by atoms with Crippen molar-refractivity contribution in [3.05, 3.63) is 94.5 Å². The zero-order valence-corrected chi connectivity index (χ0v) is 20.5. The van der Waals surface area contributed by atoms with Gasteiger partial charge >= 0.3 is 5.97 Å². The number of rotatable bonds is 8. The molecule has 178 valence electrons. The third-order valence-corrected chi connectivity index (χ3v) is 6.48. The minimum absolute atomic E-state index is 0.185. The van der Waals surface area contributed by atoms with Gasteiger partial charge in [-0.1, -0.05) is 35.9 Å². The topological polar surface area (TPSA) is 92.8 Å². The number of sulfonamides is 1. The number of aryl methyl sites for hydroxylation is 1. The van der Waals surface area contributed by atoms with Crippen LogP contribution in [0.1, 0.15) is 44.3 Å². The maximum Gasteiger partial charge on any atom is 0.338 e. The Bertz CT molecular complexity index is 1280. The van der Waals surface area contributed by atoms with E-state index in [1.807, 2.05) is 31.2 Å². The molecule has 0 aliphatic heterocycles. The molecule has 0 saturated carbocycles. The average molecular weight is 481 g/mol. The molecule has 0 saturated heterocycles. The van der Waals surface area contributed by atoms with Crippen LogP contribution in [0.15, 0.2) is 66.7 Å². The van der Waals surface area contributed by atoms with Crippen LogP contribution in [0.2, 0.25) is 0 Å². The SMILES string of the molecule is CCOC(=O)c1cccc(NC(=O)c2ccc(N(Cc3ccc(C)cc3)S(C)(=O)=O)cc2)c1C. The van der Waals surface area contributed by atoms with Gasteiger partial charge in [0.05, 0.1) is 30.7 Å². The van der Waals surface area contributed by atoms with Crippen molar-refractivity contribution in [3.63, 3.8) is 0 Å². The van der Waals surface area contributed by atoms with Gasteiger partial charge in [-0.3, -0.25) is 9.10 Å². The van der Waals surface area contributed by atoms with Gasteiger partial charge in [0.2, 0.25) is 10.0 Å². The highest BCUT2D eigenvalue weighted by Crippen LogP contribution is 2.24. The molecule has 0 bridgehead atoms. The minimum Gasteiger partial charge on any atom is -0.462 e. The van der Waals surface area contributed by atoms with E-state index < -0.39 is 16.0 Å². The summed E-state index contributed by atoms with van der Waals surface area (Å²) in [6.45, 7) is 5.88. The van der Waals surface area contributed by atoms with Gasteiger partial charge in [0.15, 0.2) is 0 Å². The maximum absolute atomic E-state index is 12.8. The van der Waals surface area contributed by atoms with Gasteiger partial charge in [0.25, 0.3) is 5.91 Å². The van der Waals surface area contributed by atoms with Crippen molar-refractivity contribution in [1.29, 1.82) is 0 Å². The van der Waals surface area contributed by atoms with E-state index in [-0.39, 0.29) is 19.1 Å². The molecule has 3 aromatic rings. The van der Waals surface area contributed by atoms with E-state index in [1.165, 1.54) is 4.31 Å². The van der Waals surface area contributed by atoms with E-state index in [9.17, 15) is 18.0 Å². The highest BCUT2D eigenvalue weighted by atomic mass is 32.2. The van der Waals surface area contributed by atoms with Crippen LogP contribution < -0.4 is 9.62 Å². The first-order chi connectivity index (χ1) is 16.1. The Hall–Kier alpha value is -3.65. The van der Waals surface area contributed by atoms with E-state index in [1.54, 1.807) is 56.3 Å². The molecular weight excluding hydrogens is 452 g/mol. The molecule has 0 aromatic heterocycles. The Labute approximate surface area is 200 Å². The number of anilines is 2. The molecule has 3 aromatic carbocycles. The van der Waals surface area contributed by atoms with Crippen LogP contribution in [0.25, 0.3) is 0 Å². The third kappa shape index (κ3) is 6.02. The lowest BCUT2D eigenvalue weighted by molar-refractivity contribution is 0.0525. The summed E-state index contributed by atoms with van der Waals surface area (Å²) in [4.78, 5) is 24.9. The zero-order chi connectivity index (χ0) is 24.9. The molecule has 0 aliphatic rings. The van der Waals surface area contributed by atoms with E-state index in [2.05, 4.69) is 5.32 Å². The number of nitrogens with one attached hydrogen (secondary N) is 1. The Morgan fingerprint density at radius 2 is 1.59 bits per heavy atom. The number of amides is 1. The van der Waals surface area contributed by atoms with Gasteiger partial charge in [-0.25, -0.2) is 13.2 Å². The molecule has 34 heavy (non-hydrogen) atoms. The van der Waals surface area contributed by atoms with Gasteiger partial charge in [-0.05, 0) is 68.3 Å². The summed E-state index contributed by atoms with van der Waals surface area (Å²) < 4.78 is 31.2. The molecule has 1 amide bonds. The molecule has 1 N–H and O–H groups in total. The largest absolute Gasteiger partial charge is 0.462 e. The molecule has 8 heteroatoms. The molecule has 7 nitrogen and oxygen atoms in total. The van der Waals surface area contributed by atoms with Crippen LogP contribution in [0, 0.1) is 13.8 Å². The van der Waals surface area contributed by atoms with Crippen LogP contribution in [-0.4, -0.2) is 33.2 Å². The number of ether oxygens (including phenoxy) is 1. The van der Waals surface area contributed by atoms with Crippen molar-refractivity contribution in [2.75, 3.05) is 22.5 Å². The van der Waals surface area contributed by atoms with Gasteiger partial charge in [0, 0.05) is 11.3 Å². The molecule has 0 aliphatic carbocycles. The molecule has 0 atom stereocenters. The number of hydrogen-bond donors (Lipinski definition) is 1. The van der Waals surface area contributed by atoms with Crippen LogP contribution >= 0.6 is 0 Å². The summed E-state index contributed by atoms with van der Waals surface area (Å²) >= 11 is 0. The summed E-state index contributed by atoms with van der Waals surface area (Å²) in [7, 11) is -3.54. The Morgan fingerprint density at radius 3 is 2.18 bits per heavy atom. The van der Waals surface area contributed by atoms with Crippen molar-refractivity contribution >= 4 is 33.3 Å². The van der Waals surface area contributed by atoms with Crippen molar-refractivity contribution in [2.24, 2.45) is 0 Å². The molecule has 0 heterocycles. The smallest absolute Gasteiger partial charge is 0.338 e. The molecule has 0 radical (unpaired) electrons. The lowest BCUT2D eigenvalue weighted by Gasteiger charge is -2.23. The average Bonchev–Trinajstić information content (AvgIpc) is 2.79. The molecular formula is C26H28N2O5S. The summed E-state index contributed by atoms with van der Waals surface area (Å²) in [6, 6.07) is 19.0. The number of carbonyl (C=O) groups excluding carboxylic acids is 2. The summed E-state index contributed by atoms with van der Waals surface area (Å²) in [5.41, 5.74) is 4.25. The third-order valence-electron chi connectivity index (χ3n) is 5.34. The Morgan fingerprint density at radius 1 is 0.941 bits per heavy atom. The van der Waals surface area contributed by atoms with Crippen molar-refractivity contribution in [3.8, 4) is 0 Å². The first kappa shape index (κ1) is 25.0. The minimum atomic E-state index is -3.54.